The van der Waals surface area contributed by atoms with E-state index in [4.69, 9.17) is 0 Å². The number of fused-ring (bicyclic) bond motifs is 1. The number of anilines is 1. The summed E-state index contributed by atoms with van der Waals surface area (Å²) in [7, 11) is 1.85. The molecule has 1 saturated heterocycles. The maximum atomic E-state index is 12.3. The van der Waals surface area contributed by atoms with E-state index in [1.807, 2.05) is 30.8 Å². The number of aromatic nitrogens is 5. The van der Waals surface area contributed by atoms with Gasteiger partial charge in [-0.15, -0.1) is 0 Å². The fourth-order valence-electron chi connectivity index (χ4n) is 3.35. The molecule has 3 aromatic heterocycles. The molecule has 25 heavy (non-hydrogen) atoms. The van der Waals surface area contributed by atoms with Crippen LogP contribution in [0.15, 0.2) is 31.0 Å². The quantitative estimate of drug-likeness (QED) is 0.775. The van der Waals surface area contributed by atoms with Crippen molar-refractivity contribution in [3.8, 4) is 0 Å². The number of hydrogen-bond acceptors (Lipinski definition) is 5. The zero-order valence-corrected chi connectivity index (χ0v) is 14.4. The van der Waals surface area contributed by atoms with Gasteiger partial charge in [-0.2, -0.15) is 5.10 Å². The second-order valence-electron chi connectivity index (χ2n) is 6.55. The molecule has 0 aromatic carbocycles. The molecule has 8 heteroatoms. The summed E-state index contributed by atoms with van der Waals surface area (Å²) in [5.74, 6) is 0.790. The number of amides is 1. The van der Waals surface area contributed by atoms with Crippen molar-refractivity contribution in [2.75, 3.05) is 18.0 Å². The molecule has 0 saturated carbocycles. The van der Waals surface area contributed by atoms with Gasteiger partial charge in [0.1, 0.15) is 11.2 Å². The molecule has 1 aliphatic heterocycles. The standard InChI is InChI=1S/C17H21N7O/c1-12-8-15-16(18-5-7-24(15)21-12)23-6-3-4-13(9-23)20-17(25)14-10-22(2)11-19-14/h5,7-8,10-11,13H,3-4,6,9H2,1-2H3,(H,20,25). The number of carbonyl (C=O) groups is 1. The first-order valence-electron chi connectivity index (χ1n) is 8.45. The number of rotatable bonds is 3. The van der Waals surface area contributed by atoms with E-state index in [-0.39, 0.29) is 11.9 Å². The van der Waals surface area contributed by atoms with Crippen molar-refractivity contribution in [3.63, 3.8) is 0 Å². The lowest BCUT2D eigenvalue weighted by atomic mass is 10.1. The highest BCUT2D eigenvalue weighted by Gasteiger charge is 2.24. The molecule has 0 bridgehead atoms. The Kier molecular flexibility index (Phi) is 3.87. The second-order valence-corrected chi connectivity index (χ2v) is 6.55. The van der Waals surface area contributed by atoms with Gasteiger partial charge in [0.2, 0.25) is 0 Å². The molecule has 1 unspecified atom stereocenters. The normalized spacial score (nSPS) is 17.8. The van der Waals surface area contributed by atoms with Crippen LogP contribution in [0.5, 0.6) is 0 Å². The van der Waals surface area contributed by atoms with Gasteiger partial charge in [0.15, 0.2) is 5.82 Å². The van der Waals surface area contributed by atoms with Crippen LogP contribution in [0.1, 0.15) is 29.0 Å². The number of imidazole rings is 1. The Morgan fingerprint density at radius 1 is 1.36 bits per heavy atom. The van der Waals surface area contributed by atoms with E-state index in [2.05, 4.69) is 25.3 Å². The van der Waals surface area contributed by atoms with Gasteiger partial charge < -0.3 is 14.8 Å². The molecule has 0 radical (unpaired) electrons. The zero-order chi connectivity index (χ0) is 17.4. The third-order valence-corrected chi connectivity index (χ3v) is 4.49. The first-order chi connectivity index (χ1) is 12.1. The summed E-state index contributed by atoms with van der Waals surface area (Å²) in [6.45, 7) is 3.63. The first kappa shape index (κ1) is 15.6. The second kappa shape index (κ2) is 6.19. The van der Waals surface area contributed by atoms with E-state index in [0.29, 0.717) is 5.69 Å². The molecule has 4 rings (SSSR count). The molecule has 4 heterocycles. The Morgan fingerprint density at radius 3 is 3.04 bits per heavy atom. The molecular formula is C17H21N7O. The lowest BCUT2D eigenvalue weighted by Crippen LogP contribution is -2.48. The van der Waals surface area contributed by atoms with Crippen LogP contribution in [0.25, 0.3) is 5.52 Å². The van der Waals surface area contributed by atoms with E-state index in [0.717, 1.165) is 43.0 Å². The molecule has 3 aromatic rings. The van der Waals surface area contributed by atoms with E-state index in [9.17, 15) is 4.79 Å². The summed E-state index contributed by atoms with van der Waals surface area (Å²) in [5.41, 5.74) is 2.41. The summed E-state index contributed by atoms with van der Waals surface area (Å²) < 4.78 is 3.63. The van der Waals surface area contributed by atoms with Crippen LogP contribution >= 0.6 is 0 Å². The minimum atomic E-state index is -0.126. The smallest absolute Gasteiger partial charge is 0.271 e. The van der Waals surface area contributed by atoms with E-state index in [1.54, 1.807) is 23.3 Å². The summed E-state index contributed by atoms with van der Waals surface area (Å²) in [5, 5.41) is 7.54. The van der Waals surface area contributed by atoms with Crippen molar-refractivity contribution >= 4 is 17.2 Å². The lowest BCUT2D eigenvalue weighted by Gasteiger charge is -2.34. The highest BCUT2D eigenvalue weighted by molar-refractivity contribution is 5.92. The van der Waals surface area contributed by atoms with Gasteiger partial charge in [-0.05, 0) is 25.8 Å². The Bertz CT molecular complexity index is 913. The Morgan fingerprint density at radius 2 is 2.24 bits per heavy atom. The summed E-state index contributed by atoms with van der Waals surface area (Å²) in [6, 6.07) is 2.12. The van der Waals surface area contributed by atoms with E-state index in [1.165, 1.54) is 0 Å². The third kappa shape index (κ3) is 3.07. The molecule has 8 nitrogen and oxygen atoms in total. The lowest BCUT2D eigenvalue weighted by molar-refractivity contribution is 0.0928. The number of nitrogens with zero attached hydrogens (tertiary/aromatic N) is 6. The Hall–Kier alpha value is -2.90. The monoisotopic (exact) mass is 339 g/mol. The molecule has 1 amide bonds. The number of carbonyl (C=O) groups excluding carboxylic acids is 1. The van der Waals surface area contributed by atoms with E-state index < -0.39 is 0 Å². The Labute approximate surface area is 145 Å². The number of nitrogens with one attached hydrogen (secondary N) is 1. The van der Waals surface area contributed by atoms with Crippen LogP contribution in [0, 0.1) is 6.92 Å². The minimum Gasteiger partial charge on any atom is -0.353 e. The van der Waals surface area contributed by atoms with E-state index >= 15 is 0 Å². The van der Waals surface area contributed by atoms with Crippen LogP contribution < -0.4 is 10.2 Å². The van der Waals surface area contributed by atoms with Gasteiger partial charge in [0, 0.05) is 44.8 Å². The molecule has 1 atom stereocenters. The number of piperidine rings is 1. The molecular weight excluding hydrogens is 318 g/mol. The van der Waals surface area contributed by atoms with Crippen LogP contribution in [-0.4, -0.2) is 49.2 Å². The number of aryl methyl sites for hydroxylation is 2. The fourth-order valence-corrected chi connectivity index (χ4v) is 3.35. The summed E-state index contributed by atoms with van der Waals surface area (Å²) in [6.07, 6.45) is 8.95. The predicted molar refractivity (Wildman–Crippen MR) is 93.6 cm³/mol. The fraction of sp³-hybridized carbons (Fsp3) is 0.412. The summed E-state index contributed by atoms with van der Waals surface area (Å²) >= 11 is 0. The first-order valence-corrected chi connectivity index (χ1v) is 8.45. The SMILES string of the molecule is Cc1cc2c(N3CCCC(NC(=O)c4cn(C)cn4)C3)nccn2n1. The van der Waals surface area contributed by atoms with Crippen LogP contribution in [0.3, 0.4) is 0 Å². The van der Waals surface area contributed by atoms with Crippen molar-refractivity contribution < 1.29 is 4.79 Å². The molecule has 1 fully saturated rings. The third-order valence-electron chi connectivity index (χ3n) is 4.49. The highest BCUT2D eigenvalue weighted by atomic mass is 16.2. The minimum absolute atomic E-state index is 0.0781. The zero-order valence-electron chi connectivity index (χ0n) is 14.4. The molecule has 0 spiro atoms. The topological polar surface area (TPSA) is 80.4 Å². The van der Waals surface area contributed by atoms with Crippen molar-refractivity contribution in [3.05, 3.63) is 42.4 Å². The molecule has 1 N–H and O–H groups in total. The Balaban J connectivity index is 1.51. The van der Waals surface area contributed by atoms with Gasteiger partial charge in [-0.1, -0.05) is 0 Å². The van der Waals surface area contributed by atoms with Gasteiger partial charge in [0.05, 0.1) is 12.0 Å². The van der Waals surface area contributed by atoms with Crippen LogP contribution in [0.4, 0.5) is 5.82 Å². The molecule has 0 aliphatic carbocycles. The van der Waals surface area contributed by atoms with Crippen molar-refractivity contribution in [1.29, 1.82) is 0 Å². The van der Waals surface area contributed by atoms with Crippen LogP contribution in [-0.2, 0) is 7.05 Å². The van der Waals surface area contributed by atoms with Gasteiger partial charge in [-0.3, -0.25) is 4.79 Å². The maximum Gasteiger partial charge on any atom is 0.271 e. The predicted octanol–water partition coefficient (Wildman–Crippen LogP) is 1.17. The average molecular weight is 339 g/mol. The summed E-state index contributed by atoms with van der Waals surface area (Å²) in [4.78, 5) is 23.2. The van der Waals surface area contributed by atoms with Gasteiger partial charge in [0.25, 0.3) is 5.91 Å². The number of hydrogen-bond donors (Lipinski definition) is 1. The van der Waals surface area contributed by atoms with Gasteiger partial charge in [-0.25, -0.2) is 14.5 Å². The average Bonchev–Trinajstić information content (AvgIpc) is 3.19. The molecule has 130 valence electrons. The van der Waals surface area contributed by atoms with Crippen molar-refractivity contribution in [1.82, 2.24) is 29.5 Å². The van der Waals surface area contributed by atoms with Crippen molar-refractivity contribution in [2.45, 2.75) is 25.8 Å². The maximum absolute atomic E-state index is 12.3. The largest absolute Gasteiger partial charge is 0.353 e. The van der Waals surface area contributed by atoms with Crippen molar-refractivity contribution in [2.24, 2.45) is 7.05 Å². The highest BCUT2D eigenvalue weighted by Crippen LogP contribution is 2.23. The van der Waals surface area contributed by atoms with Crippen LogP contribution in [0.2, 0.25) is 0 Å². The van der Waals surface area contributed by atoms with Gasteiger partial charge >= 0.3 is 0 Å². The molecule has 1 aliphatic rings.